The Kier molecular flexibility index (Phi) is 4.71. The molecule has 1 aromatic heterocycles. The molecule has 8 heteroatoms. The molecule has 0 aliphatic carbocycles. The number of hydrogen-bond acceptors (Lipinski definition) is 5. The number of phenols is 1. The number of amides is 1. The van der Waals surface area contributed by atoms with Crippen LogP contribution in [-0.4, -0.2) is 29.2 Å². The lowest BCUT2D eigenvalue weighted by Gasteiger charge is -2.24. The van der Waals surface area contributed by atoms with Gasteiger partial charge in [-0.3, -0.25) is 4.79 Å². The molecule has 148 valence electrons. The first kappa shape index (κ1) is 18.9. The third kappa shape index (κ3) is 3.31. The molecular formula is C21H16FNO5S. The summed E-state index contributed by atoms with van der Waals surface area (Å²) in [4.78, 5) is 25.1. The fourth-order valence-electron chi connectivity index (χ4n) is 3.52. The summed E-state index contributed by atoms with van der Waals surface area (Å²) in [5.74, 6) is -2.02. The number of aromatic hydroxyl groups is 1. The molecule has 0 saturated heterocycles. The van der Waals surface area contributed by atoms with Crippen LogP contribution in [0.3, 0.4) is 0 Å². The molecule has 29 heavy (non-hydrogen) atoms. The van der Waals surface area contributed by atoms with Crippen LogP contribution >= 0.6 is 11.3 Å². The number of methoxy groups -OCH3 is 1. The van der Waals surface area contributed by atoms with Crippen molar-refractivity contribution in [1.29, 1.82) is 0 Å². The van der Waals surface area contributed by atoms with Crippen molar-refractivity contribution in [2.45, 2.75) is 12.3 Å². The van der Waals surface area contributed by atoms with Gasteiger partial charge >= 0.3 is 5.97 Å². The molecule has 0 fully saturated rings. The second-order valence-corrected chi connectivity index (χ2v) is 7.65. The quantitative estimate of drug-likeness (QED) is 0.588. The van der Waals surface area contributed by atoms with E-state index in [0.717, 1.165) is 11.3 Å². The summed E-state index contributed by atoms with van der Waals surface area (Å²) in [5.41, 5.74) is 1.94. The summed E-state index contributed by atoms with van der Waals surface area (Å²) in [6, 6.07) is 10.3. The van der Waals surface area contributed by atoms with Crippen molar-refractivity contribution in [3.05, 3.63) is 63.6 Å². The number of benzene rings is 2. The molecule has 3 N–H and O–H groups in total. The maximum Gasteiger partial charge on any atom is 0.346 e. The van der Waals surface area contributed by atoms with Crippen molar-refractivity contribution >= 4 is 28.9 Å². The lowest BCUT2D eigenvalue weighted by Crippen LogP contribution is -2.22. The number of carbonyl (C=O) groups excluding carboxylic acids is 1. The van der Waals surface area contributed by atoms with Gasteiger partial charge in [-0.05, 0) is 35.4 Å². The Morgan fingerprint density at radius 1 is 1.24 bits per heavy atom. The number of anilines is 1. The Balaban J connectivity index is 1.90. The van der Waals surface area contributed by atoms with Crippen LogP contribution in [0.25, 0.3) is 11.1 Å². The molecule has 0 bridgehead atoms. The van der Waals surface area contributed by atoms with Crippen LogP contribution in [0, 0.1) is 5.82 Å². The number of phenolic OH excluding ortho intramolecular Hbond substituents is 1. The van der Waals surface area contributed by atoms with E-state index in [9.17, 15) is 24.2 Å². The van der Waals surface area contributed by atoms with Crippen LogP contribution in [0.15, 0.2) is 42.5 Å². The summed E-state index contributed by atoms with van der Waals surface area (Å²) in [5, 5.41) is 22.7. The highest BCUT2D eigenvalue weighted by Gasteiger charge is 2.34. The van der Waals surface area contributed by atoms with Crippen molar-refractivity contribution in [2.24, 2.45) is 0 Å². The predicted molar refractivity (Wildman–Crippen MR) is 106 cm³/mol. The fraction of sp³-hybridized carbons (Fsp3) is 0.143. The van der Waals surface area contributed by atoms with Crippen molar-refractivity contribution in [1.82, 2.24) is 0 Å². The van der Waals surface area contributed by atoms with Crippen LogP contribution in [0.5, 0.6) is 11.5 Å². The highest BCUT2D eigenvalue weighted by atomic mass is 32.1. The maximum atomic E-state index is 13.4. The van der Waals surface area contributed by atoms with Gasteiger partial charge in [-0.1, -0.05) is 18.2 Å². The van der Waals surface area contributed by atoms with Crippen LogP contribution in [0.1, 0.15) is 32.5 Å². The van der Waals surface area contributed by atoms with Gasteiger partial charge in [0.05, 0.1) is 12.8 Å². The maximum absolute atomic E-state index is 13.4. The molecule has 1 aliphatic rings. The number of nitrogens with one attached hydrogen (secondary N) is 1. The molecule has 0 radical (unpaired) electrons. The number of thiophene rings is 1. The Morgan fingerprint density at radius 2 is 1.97 bits per heavy atom. The Bertz CT molecular complexity index is 1120. The smallest absolute Gasteiger partial charge is 0.346 e. The third-order valence-corrected chi connectivity index (χ3v) is 6.13. The predicted octanol–water partition coefficient (Wildman–Crippen LogP) is 4.44. The van der Waals surface area contributed by atoms with Crippen molar-refractivity contribution in [3.8, 4) is 22.6 Å². The van der Waals surface area contributed by atoms with E-state index < -0.39 is 17.7 Å². The zero-order valence-electron chi connectivity index (χ0n) is 15.2. The highest BCUT2D eigenvalue weighted by molar-refractivity contribution is 7.15. The monoisotopic (exact) mass is 413 g/mol. The average Bonchev–Trinajstić information content (AvgIpc) is 3.07. The molecule has 4 rings (SSSR count). The van der Waals surface area contributed by atoms with Crippen molar-refractivity contribution in [2.75, 3.05) is 12.4 Å². The summed E-state index contributed by atoms with van der Waals surface area (Å²) >= 11 is 1.07. The number of carboxylic acids is 1. The second-order valence-electron chi connectivity index (χ2n) is 6.59. The number of hydrogen-bond donors (Lipinski definition) is 3. The van der Waals surface area contributed by atoms with Gasteiger partial charge < -0.3 is 20.3 Å². The number of ether oxygens (including phenoxy) is 1. The van der Waals surface area contributed by atoms with E-state index in [1.54, 1.807) is 12.1 Å². The lowest BCUT2D eigenvalue weighted by molar-refractivity contribution is -0.116. The van der Waals surface area contributed by atoms with Crippen LogP contribution in [0.2, 0.25) is 0 Å². The van der Waals surface area contributed by atoms with E-state index in [1.165, 1.54) is 37.4 Å². The molecule has 1 amide bonds. The molecule has 1 unspecified atom stereocenters. The summed E-state index contributed by atoms with van der Waals surface area (Å²) < 4.78 is 18.4. The second kappa shape index (κ2) is 7.21. The van der Waals surface area contributed by atoms with E-state index in [0.29, 0.717) is 33.0 Å². The minimum absolute atomic E-state index is 0.0616. The highest BCUT2D eigenvalue weighted by Crippen LogP contribution is 2.50. The first-order valence-corrected chi connectivity index (χ1v) is 9.53. The number of carboxylic acid groups (broad SMARTS) is 1. The largest absolute Gasteiger partial charge is 0.504 e. The first-order valence-electron chi connectivity index (χ1n) is 8.71. The topological polar surface area (TPSA) is 95.9 Å². The van der Waals surface area contributed by atoms with Gasteiger partial charge in [0, 0.05) is 22.8 Å². The minimum Gasteiger partial charge on any atom is -0.504 e. The van der Waals surface area contributed by atoms with Gasteiger partial charge in [-0.25, -0.2) is 9.18 Å². The van der Waals surface area contributed by atoms with Gasteiger partial charge in [0.2, 0.25) is 5.91 Å². The fourth-order valence-corrected chi connectivity index (χ4v) is 4.77. The number of carbonyl (C=O) groups is 2. The molecule has 6 nitrogen and oxygen atoms in total. The summed E-state index contributed by atoms with van der Waals surface area (Å²) in [7, 11) is 1.44. The van der Waals surface area contributed by atoms with Crippen molar-refractivity contribution < 1.29 is 28.9 Å². The van der Waals surface area contributed by atoms with Gasteiger partial charge in [-0.2, -0.15) is 0 Å². The number of halogens is 1. The lowest BCUT2D eigenvalue weighted by atomic mass is 9.88. The Hall–Kier alpha value is -3.39. The van der Waals surface area contributed by atoms with E-state index in [1.807, 2.05) is 0 Å². The molecule has 0 saturated carbocycles. The Labute approximate surface area is 169 Å². The standard InChI is InChI=1S/C21H16FNO5S/c1-28-15-7-4-11(8-14(15)24)13-9-16(25)23-18-17(10-2-5-12(22)6-3-10)20(21(26)27)29-19(13)18/h2-8,13,24H,9H2,1H3,(H,23,25)(H,26,27). The van der Waals surface area contributed by atoms with E-state index in [4.69, 9.17) is 4.74 Å². The molecular weight excluding hydrogens is 397 g/mol. The molecule has 0 spiro atoms. The van der Waals surface area contributed by atoms with Gasteiger partial charge in [-0.15, -0.1) is 11.3 Å². The average molecular weight is 413 g/mol. The van der Waals surface area contributed by atoms with Gasteiger partial charge in [0.1, 0.15) is 10.7 Å². The number of fused-ring (bicyclic) bond motifs is 1. The van der Waals surface area contributed by atoms with Crippen LogP contribution in [0.4, 0.5) is 10.1 Å². The molecule has 2 aromatic carbocycles. The van der Waals surface area contributed by atoms with E-state index in [2.05, 4.69) is 5.32 Å². The van der Waals surface area contributed by atoms with E-state index in [-0.39, 0.29) is 23.0 Å². The SMILES string of the molecule is COc1ccc(C2CC(=O)Nc3c2sc(C(=O)O)c3-c2ccc(F)cc2)cc1O. The zero-order chi connectivity index (χ0) is 20.7. The summed E-state index contributed by atoms with van der Waals surface area (Å²) in [6.07, 6.45) is 0.112. The molecule has 1 atom stereocenters. The van der Waals surface area contributed by atoms with Crippen molar-refractivity contribution in [3.63, 3.8) is 0 Å². The normalized spacial score (nSPS) is 15.5. The van der Waals surface area contributed by atoms with E-state index >= 15 is 0 Å². The number of aromatic carboxylic acids is 1. The first-order chi connectivity index (χ1) is 13.9. The molecule has 2 heterocycles. The number of rotatable bonds is 4. The van der Waals surface area contributed by atoms with Crippen LogP contribution in [-0.2, 0) is 4.79 Å². The summed E-state index contributed by atoms with van der Waals surface area (Å²) in [6.45, 7) is 0. The third-order valence-electron chi connectivity index (χ3n) is 4.84. The van der Waals surface area contributed by atoms with Crippen LogP contribution < -0.4 is 10.1 Å². The molecule has 1 aliphatic heterocycles. The van der Waals surface area contributed by atoms with Gasteiger partial charge in [0.25, 0.3) is 0 Å². The Morgan fingerprint density at radius 3 is 2.59 bits per heavy atom. The molecule has 3 aromatic rings. The van der Waals surface area contributed by atoms with Gasteiger partial charge in [0.15, 0.2) is 11.5 Å². The minimum atomic E-state index is -1.13. The zero-order valence-corrected chi connectivity index (χ0v) is 16.0.